The van der Waals surface area contributed by atoms with Crippen LogP contribution in [0.1, 0.15) is 0 Å². The minimum absolute atomic E-state index is 0.278. The van der Waals surface area contributed by atoms with Crippen molar-refractivity contribution in [2.24, 2.45) is 5.11 Å². The Morgan fingerprint density at radius 3 is 2.62 bits per heavy atom. The van der Waals surface area contributed by atoms with Crippen LogP contribution >= 0.6 is 0 Å². The van der Waals surface area contributed by atoms with Crippen molar-refractivity contribution in [2.45, 2.75) is 9.79 Å². The van der Waals surface area contributed by atoms with E-state index in [0.717, 1.165) is 18.2 Å². The predicted molar refractivity (Wildman–Crippen MR) is 82.0 cm³/mol. The van der Waals surface area contributed by atoms with E-state index >= 15 is 0 Å². The third kappa shape index (κ3) is 2.93. The second-order valence-electron chi connectivity index (χ2n) is 4.41. The Morgan fingerprint density at radius 1 is 1.33 bits per heavy atom. The fraction of sp³-hybridized carbons (Fsp3) is 0.0769. The number of azide groups is 1. The molecule has 0 unspecified atom stereocenters. The highest BCUT2D eigenvalue weighted by molar-refractivity contribution is 7.91. The van der Waals surface area contributed by atoms with Crippen LogP contribution in [-0.4, -0.2) is 25.6 Å². The van der Waals surface area contributed by atoms with Gasteiger partial charge in [0.15, 0.2) is 11.5 Å². The van der Waals surface area contributed by atoms with Crippen molar-refractivity contribution in [3.05, 3.63) is 57.0 Å². The number of benzene rings is 2. The van der Waals surface area contributed by atoms with Crippen molar-refractivity contribution in [1.29, 1.82) is 0 Å². The Balaban J connectivity index is 2.71. The minimum Gasteiger partial charge on any atom is -0.504 e. The van der Waals surface area contributed by atoms with Gasteiger partial charge in [-0.1, -0.05) is 11.2 Å². The summed E-state index contributed by atoms with van der Waals surface area (Å²) in [6.07, 6.45) is 0. The van der Waals surface area contributed by atoms with E-state index in [2.05, 4.69) is 10.0 Å². The van der Waals surface area contributed by atoms with Crippen LogP contribution in [0.25, 0.3) is 10.4 Å². The number of methoxy groups -OCH3 is 1. The number of nitro benzene ring substituents is 1. The summed E-state index contributed by atoms with van der Waals surface area (Å²) >= 11 is 0. The Hall–Kier alpha value is -3.30. The Labute approximate surface area is 135 Å². The predicted octanol–water partition coefficient (Wildman–Crippen LogP) is 3.08. The normalized spacial score (nSPS) is 10.7. The van der Waals surface area contributed by atoms with Crippen LogP contribution < -0.4 is 4.74 Å². The van der Waals surface area contributed by atoms with Crippen LogP contribution in [0.2, 0.25) is 0 Å². The minimum atomic E-state index is -4.22. The van der Waals surface area contributed by atoms with Gasteiger partial charge in [-0.25, -0.2) is 8.42 Å². The lowest BCUT2D eigenvalue weighted by Gasteiger charge is -2.11. The SMILES string of the molecule is COc1c(O)cccc1S(=O)(=O)c1ccc(N=[N+]=[N-])c([N+](=O)[O-])c1. The van der Waals surface area contributed by atoms with E-state index in [0.29, 0.717) is 0 Å². The first-order valence-corrected chi connectivity index (χ1v) is 7.76. The number of aromatic hydroxyl groups is 1. The molecule has 0 atom stereocenters. The van der Waals surface area contributed by atoms with Gasteiger partial charge in [0, 0.05) is 11.0 Å². The molecule has 0 aliphatic heterocycles. The number of phenolic OH excluding ortho intramolecular Hbond substituents is 1. The maximum absolute atomic E-state index is 12.7. The molecule has 2 rings (SSSR count). The van der Waals surface area contributed by atoms with Gasteiger partial charge in [-0.3, -0.25) is 10.1 Å². The zero-order valence-electron chi connectivity index (χ0n) is 12.1. The third-order valence-corrected chi connectivity index (χ3v) is 4.83. The molecule has 0 fully saturated rings. The molecule has 11 heteroatoms. The van der Waals surface area contributed by atoms with Gasteiger partial charge in [0.25, 0.3) is 5.69 Å². The molecule has 1 N–H and O–H groups in total. The van der Waals surface area contributed by atoms with Gasteiger partial charge in [0.05, 0.1) is 16.9 Å². The molecule has 0 aliphatic rings. The summed E-state index contributed by atoms with van der Waals surface area (Å²) in [5.74, 6) is -0.668. The second-order valence-corrected chi connectivity index (χ2v) is 6.33. The molecular formula is C13H10N4O6S. The van der Waals surface area contributed by atoms with Crippen LogP contribution in [0, 0.1) is 10.1 Å². The smallest absolute Gasteiger partial charge is 0.280 e. The molecule has 0 heterocycles. The average Bonchev–Trinajstić information content (AvgIpc) is 2.54. The highest BCUT2D eigenvalue weighted by atomic mass is 32.2. The lowest BCUT2D eigenvalue weighted by atomic mass is 10.3. The van der Waals surface area contributed by atoms with E-state index in [1.54, 1.807) is 0 Å². The zero-order chi connectivity index (χ0) is 17.9. The van der Waals surface area contributed by atoms with Crippen molar-refractivity contribution in [3.8, 4) is 11.5 Å². The molecule has 0 bridgehead atoms. The summed E-state index contributed by atoms with van der Waals surface area (Å²) in [5, 5.41) is 23.9. The first-order chi connectivity index (χ1) is 11.3. The van der Waals surface area contributed by atoms with E-state index in [9.17, 15) is 23.6 Å². The van der Waals surface area contributed by atoms with Gasteiger partial charge in [0.1, 0.15) is 10.6 Å². The molecule has 124 valence electrons. The van der Waals surface area contributed by atoms with E-state index in [1.807, 2.05) is 0 Å². The average molecular weight is 350 g/mol. The number of hydrogen-bond donors (Lipinski definition) is 1. The Bertz CT molecular complexity index is 966. The monoisotopic (exact) mass is 350 g/mol. The lowest BCUT2D eigenvalue weighted by molar-refractivity contribution is -0.384. The van der Waals surface area contributed by atoms with Gasteiger partial charge in [0.2, 0.25) is 9.84 Å². The van der Waals surface area contributed by atoms with Crippen molar-refractivity contribution in [1.82, 2.24) is 0 Å². The molecule has 0 amide bonds. The summed E-state index contributed by atoms with van der Waals surface area (Å²) in [5.41, 5.74) is 7.43. The van der Waals surface area contributed by atoms with E-state index in [-0.39, 0.29) is 16.3 Å². The quantitative estimate of drug-likeness (QED) is 0.287. The molecular weight excluding hydrogens is 340 g/mol. The molecule has 0 aliphatic carbocycles. The maximum atomic E-state index is 12.7. The van der Waals surface area contributed by atoms with Crippen molar-refractivity contribution in [3.63, 3.8) is 0 Å². The number of nitrogens with zero attached hydrogens (tertiary/aromatic N) is 4. The summed E-state index contributed by atoms with van der Waals surface area (Å²) in [4.78, 5) is 11.9. The molecule has 2 aromatic carbocycles. The highest BCUT2D eigenvalue weighted by Gasteiger charge is 2.27. The van der Waals surface area contributed by atoms with Crippen molar-refractivity contribution in [2.75, 3.05) is 7.11 Å². The van der Waals surface area contributed by atoms with Crippen molar-refractivity contribution >= 4 is 21.2 Å². The number of para-hydroxylation sites is 1. The summed E-state index contributed by atoms with van der Waals surface area (Å²) in [7, 11) is -3.03. The fourth-order valence-electron chi connectivity index (χ4n) is 2.00. The maximum Gasteiger partial charge on any atom is 0.280 e. The number of nitro groups is 1. The van der Waals surface area contributed by atoms with E-state index in [4.69, 9.17) is 10.3 Å². The van der Waals surface area contributed by atoms with E-state index in [1.165, 1.54) is 25.3 Å². The second kappa shape index (κ2) is 6.44. The van der Waals surface area contributed by atoms with Gasteiger partial charge in [-0.15, -0.1) is 0 Å². The number of sulfone groups is 1. The summed E-state index contributed by atoms with van der Waals surface area (Å²) in [6.45, 7) is 0. The molecule has 0 saturated heterocycles. The topological polar surface area (TPSA) is 156 Å². The molecule has 2 aromatic rings. The number of ether oxygens (including phenoxy) is 1. The van der Waals surface area contributed by atoms with Gasteiger partial charge >= 0.3 is 0 Å². The van der Waals surface area contributed by atoms with Crippen LogP contribution in [0.3, 0.4) is 0 Å². The number of rotatable bonds is 5. The lowest BCUT2D eigenvalue weighted by Crippen LogP contribution is -2.05. The largest absolute Gasteiger partial charge is 0.504 e. The first kappa shape index (κ1) is 17.1. The molecule has 0 saturated carbocycles. The fourth-order valence-corrected chi connectivity index (χ4v) is 3.45. The Morgan fingerprint density at radius 2 is 2.04 bits per heavy atom. The Kier molecular flexibility index (Phi) is 4.58. The number of phenols is 1. The van der Waals surface area contributed by atoms with Gasteiger partial charge in [-0.2, -0.15) is 0 Å². The first-order valence-electron chi connectivity index (χ1n) is 6.27. The molecule has 0 radical (unpaired) electrons. The number of hydrogen-bond acceptors (Lipinski definition) is 7. The van der Waals surface area contributed by atoms with Gasteiger partial charge < -0.3 is 9.84 Å². The highest BCUT2D eigenvalue weighted by Crippen LogP contribution is 2.38. The van der Waals surface area contributed by atoms with Crippen LogP contribution in [0.15, 0.2) is 51.3 Å². The van der Waals surface area contributed by atoms with Crippen LogP contribution in [0.4, 0.5) is 11.4 Å². The van der Waals surface area contributed by atoms with Gasteiger partial charge in [-0.05, 0) is 29.8 Å². The standard InChI is InChI=1S/C13H10N4O6S/c1-23-13-11(18)3-2-4-12(13)24(21,22)8-5-6-9(15-16-14)10(7-8)17(19)20/h2-7,18H,1H3. The molecule has 0 aromatic heterocycles. The summed E-state index contributed by atoms with van der Waals surface area (Å²) < 4.78 is 30.3. The molecule has 10 nitrogen and oxygen atoms in total. The van der Waals surface area contributed by atoms with Crippen molar-refractivity contribution < 1.29 is 23.2 Å². The molecule has 0 spiro atoms. The van der Waals surface area contributed by atoms with Crippen LogP contribution in [0.5, 0.6) is 11.5 Å². The summed E-state index contributed by atoms with van der Waals surface area (Å²) in [6, 6.07) is 6.61. The van der Waals surface area contributed by atoms with E-state index < -0.39 is 31.1 Å². The third-order valence-electron chi connectivity index (χ3n) is 3.06. The van der Waals surface area contributed by atoms with Crippen LogP contribution in [-0.2, 0) is 9.84 Å². The molecule has 24 heavy (non-hydrogen) atoms. The zero-order valence-corrected chi connectivity index (χ0v) is 13.0.